The number of halogens is 1. The third kappa shape index (κ3) is 3.85. The Labute approximate surface area is 139 Å². The molecule has 0 unspecified atom stereocenters. The molecule has 0 aliphatic heterocycles. The second-order valence-corrected chi connectivity index (χ2v) is 5.60. The summed E-state index contributed by atoms with van der Waals surface area (Å²) >= 11 is 3.39. The Hall–Kier alpha value is -2.46. The van der Waals surface area contributed by atoms with Crippen molar-refractivity contribution in [2.75, 3.05) is 10.6 Å². The number of aromatic amines is 1. The predicted molar refractivity (Wildman–Crippen MR) is 86.1 cm³/mol. The van der Waals surface area contributed by atoms with E-state index in [4.69, 9.17) is 9.63 Å². The minimum Gasteiger partial charge on any atom is -0.390 e. The number of nitrogens with one attached hydrogen (secondary N) is 3. The summed E-state index contributed by atoms with van der Waals surface area (Å²) in [7, 11) is 0. The second-order valence-electron chi connectivity index (χ2n) is 4.75. The molecule has 3 heterocycles. The molecule has 0 aliphatic carbocycles. The average Bonchev–Trinajstić information content (AvgIpc) is 3.17. The van der Waals surface area contributed by atoms with Gasteiger partial charge in [-0.3, -0.25) is 5.10 Å². The van der Waals surface area contributed by atoms with Gasteiger partial charge in [0.1, 0.15) is 5.69 Å². The number of hydrogen-bond donors (Lipinski definition) is 4. The van der Waals surface area contributed by atoms with Crippen LogP contribution in [0.15, 0.2) is 27.3 Å². The van der Waals surface area contributed by atoms with E-state index < -0.39 is 0 Å². The summed E-state index contributed by atoms with van der Waals surface area (Å²) in [5.41, 5.74) is 1.43. The third-order valence-corrected chi connectivity index (χ3v) is 3.47. The van der Waals surface area contributed by atoms with Crippen LogP contribution in [0.25, 0.3) is 0 Å². The third-order valence-electron chi connectivity index (χ3n) is 2.89. The molecule has 10 heteroatoms. The van der Waals surface area contributed by atoms with Crippen molar-refractivity contribution in [1.82, 2.24) is 25.3 Å². The summed E-state index contributed by atoms with van der Waals surface area (Å²) in [4.78, 5) is 8.55. The van der Waals surface area contributed by atoms with Crippen LogP contribution in [0.3, 0.4) is 0 Å². The van der Waals surface area contributed by atoms with E-state index in [1.807, 2.05) is 13.0 Å². The van der Waals surface area contributed by atoms with E-state index in [-0.39, 0.29) is 6.61 Å². The van der Waals surface area contributed by atoms with Crippen LogP contribution in [-0.4, -0.2) is 30.4 Å². The molecule has 0 saturated carbocycles. The number of aryl methyl sites for hydroxylation is 1. The molecule has 4 N–H and O–H groups in total. The highest BCUT2D eigenvalue weighted by Gasteiger charge is 2.08. The molecule has 0 radical (unpaired) electrons. The first-order chi connectivity index (χ1) is 11.1. The van der Waals surface area contributed by atoms with E-state index in [1.54, 1.807) is 12.3 Å². The first-order valence-electron chi connectivity index (χ1n) is 6.75. The molecule has 23 heavy (non-hydrogen) atoms. The van der Waals surface area contributed by atoms with Gasteiger partial charge < -0.3 is 20.3 Å². The zero-order chi connectivity index (χ0) is 16.2. The zero-order valence-corrected chi connectivity index (χ0v) is 13.8. The molecule has 0 saturated heterocycles. The highest BCUT2D eigenvalue weighted by atomic mass is 79.9. The van der Waals surface area contributed by atoms with Crippen molar-refractivity contribution in [3.05, 3.63) is 40.0 Å². The quantitative estimate of drug-likeness (QED) is 0.513. The fourth-order valence-electron chi connectivity index (χ4n) is 1.82. The van der Waals surface area contributed by atoms with Crippen molar-refractivity contribution in [2.24, 2.45) is 0 Å². The number of aliphatic hydroxyl groups excluding tert-OH is 1. The highest BCUT2D eigenvalue weighted by Crippen LogP contribution is 2.23. The number of aromatic nitrogens is 5. The van der Waals surface area contributed by atoms with Gasteiger partial charge >= 0.3 is 0 Å². The molecule has 3 aromatic rings. The summed E-state index contributed by atoms with van der Waals surface area (Å²) in [6.07, 6.45) is 1.64. The molecule has 3 aromatic heterocycles. The number of nitrogens with zero attached hydrogens (tertiary/aromatic N) is 4. The monoisotopic (exact) mass is 379 g/mol. The van der Waals surface area contributed by atoms with E-state index in [9.17, 15) is 0 Å². The number of aliphatic hydroxyl groups is 1. The standard InChI is InChI=1S/C13H14BrN7O2/c1-7-2-11(20-19-7)17-12-10(14)5-16-13(18-12)15-4-9-3-8(6-22)21-23-9/h2-3,5,22H,4,6H2,1H3,(H3,15,16,17,18,19,20). The lowest BCUT2D eigenvalue weighted by atomic mass is 10.4. The van der Waals surface area contributed by atoms with Crippen LogP contribution in [-0.2, 0) is 13.2 Å². The van der Waals surface area contributed by atoms with Gasteiger partial charge in [-0.25, -0.2) is 4.98 Å². The average molecular weight is 380 g/mol. The molecule has 0 atom stereocenters. The summed E-state index contributed by atoms with van der Waals surface area (Å²) in [5.74, 6) is 2.25. The second kappa shape index (κ2) is 6.75. The number of anilines is 3. The van der Waals surface area contributed by atoms with Crippen LogP contribution in [0.2, 0.25) is 0 Å². The van der Waals surface area contributed by atoms with Crippen LogP contribution in [0.4, 0.5) is 17.6 Å². The van der Waals surface area contributed by atoms with E-state index in [2.05, 4.69) is 51.9 Å². The van der Waals surface area contributed by atoms with Gasteiger partial charge in [-0.2, -0.15) is 10.1 Å². The Morgan fingerprint density at radius 2 is 2.26 bits per heavy atom. The molecule has 3 rings (SSSR count). The minimum absolute atomic E-state index is 0.157. The smallest absolute Gasteiger partial charge is 0.225 e. The van der Waals surface area contributed by atoms with Crippen molar-refractivity contribution < 1.29 is 9.63 Å². The molecule has 0 fully saturated rings. The van der Waals surface area contributed by atoms with Gasteiger partial charge in [0, 0.05) is 24.0 Å². The minimum atomic E-state index is -0.157. The number of H-pyrrole nitrogens is 1. The predicted octanol–water partition coefficient (Wildman–Crippen LogP) is 2.11. The maximum absolute atomic E-state index is 8.96. The van der Waals surface area contributed by atoms with Crippen LogP contribution in [0.1, 0.15) is 17.1 Å². The molecular weight excluding hydrogens is 366 g/mol. The van der Waals surface area contributed by atoms with E-state index in [1.165, 1.54) is 0 Å². The van der Waals surface area contributed by atoms with Gasteiger partial charge in [-0.15, -0.1) is 0 Å². The molecule has 0 aromatic carbocycles. The van der Waals surface area contributed by atoms with Crippen molar-refractivity contribution in [1.29, 1.82) is 0 Å². The molecule has 0 bridgehead atoms. The fourth-order valence-corrected chi connectivity index (χ4v) is 2.11. The van der Waals surface area contributed by atoms with Gasteiger partial charge in [0.15, 0.2) is 17.4 Å². The Bertz CT molecular complexity index is 801. The van der Waals surface area contributed by atoms with E-state index >= 15 is 0 Å². The lowest BCUT2D eigenvalue weighted by Gasteiger charge is -2.07. The van der Waals surface area contributed by atoms with Gasteiger partial charge in [-0.1, -0.05) is 5.16 Å². The van der Waals surface area contributed by atoms with Crippen LogP contribution >= 0.6 is 15.9 Å². The Kier molecular flexibility index (Phi) is 4.53. The van der Waals surface area contributed by atoms with Crippen molar-refractivity contribution in [3.63, 3.8) is 0 Å². The Balaban J connectivity index is 1.69. The lowest BCUT2D eigenvalue weighted by molar-refractivity contribution is 0.265. The highest BCUT2D eigenvalue weighted by molar-refractivity contribution is 9.10. The normalized spacial score (nSPS) is 10.7. The molecular formula is C13H14BrN7O2. The summed E-state index contributed by atoms with van der Waals surface area (Å²) in [6.45, 7) is 2.11. The molecule has 0 amide bonds. The van der Waals surface area contributed by atoms with Crippen molar-refractivity contribution >= 4 is 33.5 Å². The molecule has 0 aliphatic rings. The Morgan fingerprint density at radius 1 is 1.39 bits per heavy atom. The van der Waals surface area contributed by atoms with E-state index in [0.717, 1.165) is 5.69 Å². The van der Waals surface area contributed by atoms with Gasteiger partial charge in [-0.05, 0) is 22.9 Å². The van der Waals surface area contributed by atoms with Crippen LogP contribution < -0.4 is 10.6 Å². The van der Waals surface area contributed by atoms with Crippen molar-refractivity contribution in [3.8, 4) is 0 Å². The van der Waals surface area contributed by atoms with Gasteiger partial charge in [0.05, 0.1) is 17.6 Å². The summed E-state index contributed by atoms with van der Waals surface area (Å²) in [5, 5.41) is 25.7. The SMILES string of the molecule is Cc1cc(Nc2nc(NCc3cc(CO)no3)ncc2Br)n[nH]1. The van der Waals surface area contributed by atoms with E-state index in [0.29, 0.717) is 40.1 Å². The van der Waals surface area contributed by atoms with Crippen molar-refractivity contribution in [2.45, 2.75) is 20.1 Å². The van der Waals surface area contributed by atoms with Crippen LogP contribution in [0, 0.1) is 6.92 Å². The first-order valence-corrected chi connectivity index (χ1v) is 7.54. The fraction of sp³-hybridized carbons (Fsp3) is 0.231. The number of hydrogen-bond acceptors (Lipinski definition) is 8. The van der Waals surface area contributed by atoms with Gasteiger partial charge in [0.25, 0.3) is 0 Å². The van der Waals surface area contributed by atoms with Crippen LogP contribution in [0.5, 0.6) is 0 Å². The Morgan fingerprint density at radius 3 is 2.96 bits per heavy atom. The topological polar surface area (TPSA) is 125 Å². The molecule has 120 valence electrons. The zero-order valence-electron chi connectivity index (χ0n) is 12.2. The number of rotatable bonds is 6. The summed E-state index contributed by atoms with van der Waals surface area (Å²) in [6, 6.07) is 3.53. The lowest BCUT2D eigenvalue weighted by Crippen LogP contribution is -2.05. The maximum atomic E-state index is 8.96. The first kappa shape index (κ1) is 15.4. The van der Waals surface area contributed by atoms with Gasteiger partial charge in [0.2, 0.25) is 5.95 Å². The summed E-state index contributed by atoms with van der Waals surface area (Å²) < 4.78 is 5.78. The molecule has 9 nitrogen and oxygen atoms in total. The molecule has 0 spiro atoms. The maximum Gasteiger partial charge on any atom is 0.225 e. The largest absolute Gasteiger partial charge is 0.390 e.